The average Bonchev–Trinajstić information content (AvgIpc) is 2.26. The van der Waals surface area contributed by atoms with Crippen molar-refractivity contribution >= 4 is 0 Å². The molecule has 0 fully saturated rings. The van der Waals surface area contributed by atoms with Gasteiger partial charge in [-0.25, -0.2) is 0 Å². The summed E-state index contributed by atoms with van der Waals surface area (Å²) in [6, 6.07) is 8.87. The maximum absolute atomic E-state index is 5.92. The molecule has 1 atom stereocenters. The molecule has 0 saturated carbocycles. The van der Waals surface area contributed by atoms with Crippen molar-refractivity contribution in [2.75, 3.05) is 6.54 Å². The highest BCUT2D eigenvalue weighted by atomic mass is 16.5. The van der Waals surface area contributed by atoms with E-state index in [1.165, 1.54) is 5.56 Å². The minimum Gasteiger partial charge on any atom is -0.489 e. The normalized spacial score (nSPS) is 19.8. The first-order valence-corrected chi connectivity index (χ1v) is 5.73. The molecular weight excluding hydrogens is 186 g/mol. The van der Waals surface area contributed by atoms with Crippen LogP contribution in [0.5, 0.6) is 5.75 Å². The van der Waals surface area contributed by atoms with Gasteiger partial charge < -0.3 is 10.1 Å². The van der Waals surface area contributed by atoms with Crippen LogP contribution in [0.4, 0.5) is 0 Å². The third kappa shape index (κ3) is 2.72. The van der Waals surface area contributed by atoms with Crippen LogP contribution in [-0.2, 0) is 6.42 Å². The Bertz CT molecular complexity index is 322. The first-order valence-electron chi connectivity index (χ1n) is 5.73. The van der Waals surface area contributed by atoms with E-state index in [9.17, 15) is 0 Å². The molecule has 1 aliphatic rings. The molecule has 0 radical (unpaired) electrons. The quantitative estimate of drug-likeness (QED) is 0.818. The highest BCUT2D eigenvalue weighted by molar-refractivity contribution is 5.35. The number of fused-ring (bicyclic) bond motifs is 1. The second-order valence-electron chi connectivity index (χ2n) is 4.45. The number of para-hydroxylation sites is 1. The predicted molar refractivity (Wildman–Crippen MR) is 62.3 cm³/mol. The largest absolute Gasteiger partial charge is 0.489 e. The molecule has 2 heteroatoms. The Hall–Kier alpha value is -1.02. The third-order valence-corrected chi connectivity index (χ3v) is 2.76. The van der Waals surface area contributed by atoms with Crippen LogP contribution in [0, 0.1) is 0 Å². The van der Waals surface area contributed by atoms with Crippen molar-refractivity contribution in [2.45, 2.75) is 38.8 Å². The number of hydrogen-bond acceptors (Lipinski definition) is 2. The summed E-state index contributed by atoms with van der Waals surface area (Å²) in [6.07, 6.45) is 2.60. The van der Waals surface area contributed by atoms with E-state index in [0.29, 0.717) is 12.1 Å². The molecule has 82 valence electrons. The van der Waals surface area contributed by atoms with E-state index in [1.807, 2.05) is 6.07 Å². The van der Waals surface area contributed by atoms with Crippen LogP contribution in [-0.4, -0.2) is 18.7 Å². The molecule has 0 aliphatic carbocycles. The molecular formula is C13H19NO. The Labute approximate surface area is 91.6 Å². The molecule has 0 bridgehead atoms. The lowest BCUT2D eigenvalue weighted by Gasteiger charge is -2.26. The number of benzene rings is 1. The highest BCUT2D eigenvalue weighted by Crippen LogP contribution is 2.26. The fourth-order valence-corrected chi connectivity index (χ4v) is 1.89. The molecule has 1 aliphatic heterocycles. The number of rotatable bonds is 3. The fraction of sp³-hybridized carbons (Fsp3) is 0.538. The van der Waals surface area contributed by atoms with Crippen molar-refractivity contribution in [3.63, 3.8) is 0 Å². The predicted octanol–water partition coefficient (Wildman–Crippen LogP) is 2.38. The average molecular weight is 205 g/mol. The standard InChI is InChI=1S/C13H19NO/c1-10(2)14-9-12-8-7-11-5-3-4-6-13(11)15-12/h3-6,10,12,14H,7-9H2,1-2H3. The van der Waals surface area contributed by atoms with Crippen molar-refractivity contribution in [3.05, 3.63) is 29.8 Å². The summed E-state index contributed by atoms with van der Waals surface area (Å²) in [6.45, 7) is 5.28. The zero-order valence-electron chi connectivity index (χ0n) is 9.49. The molecule has 1 aromatic carbocycles. The molecule has 1 unspecified atom stereocenters. The molecule has 2 rings (SSSR count). The van der Waals surface area contributed by atoms with Crippen LogP contribution >= 0.6 is 0 Å². The molecule has 2 nitrogen and oxygen atoms in total. The molecule has 1 heterocycles. The summed E-state index contributed by atoms with van der Waals surface area (Å²) in [7, 11) is 0. The van der Waals surface area contributed by atoms with Gasteiger partial charge in [0.2, 0.25) is 0 Å². The SMILES string of the molecule is CC(C)NCC1CCc2ccccc2O1. The Morgan fingerprint density at radius 1 is 1.40 bits per heavy atom. The number of ether oxygens (including phenoxy) is 1. The molecule has 0 amide bonds. The maximum Gasteiger partial charge on any atom is 0.122 e. The van der Waals surface area contributed by atoms with Gasteiger partial charge in [-0.05, 0) is 24.5 Å². The number of hydrogen-bond donors (Lipinski definition) is 1. The Kier molecular flexibility index (Phi) is 3.27. The summed E-state index contributed by atoms with van der Waals surface area (Å²) >= 11 is 0. The Morgan fingerprint density at radius 2 is 2.20 bits per heavy atom. The Morgan fingerprint density at radius 3 is 3.00 bits per heavy atom. The van der Waals surface area contributed by atoms with Crippen molar-refractivity contribution < 1.29 is 4.74 Å². The molecule has 0 spiro atoms. The monoisotopic (exact) mass is 205 g/mol. The van der Waals surface area contributed by atoms with Crippen molar-refractivity contribution in [1.82, 2.24) is 5.32 Å². The van der Waals surface area contributed by atoms with Crippen LogP contribution < -0.4 is 10.1 Å². The minimum absolute atomic E-state index is 0.335. The van der Waals surface area contributed by atoms with Gasteiger partial charge in [0.1, 0.15) is 11.9 Å². The van der Waals surface area contributed by atoms with Gasteiger partial charge in [-0.2, -0.15) is 0 Å². The van der Waals surface area contributed by atoms with Gasteiger partial charge in [-0.1, -0.05) is 32.0 Å². The summed E-state index contributed by atoms with van der Waals surface area (Å²) in [5.74, 6) is 1.07. The van der Waals surface area contributed by atoms with E-state index in [1.54, 1.807) is 0 Å². The van der Waals surface area contributed by atoms with Crippen molar-refractivity contribution in [1.29, 1.82) is 0 Å². The van der Waals surface area contributed by atoms with E-state index in [4.69, 9.17) is 4.74 Å². The molecule has 1 aromatic rings. The zero-order valence-corrected chi connectivity index (χ0v) is 9.49. The topological polar surface area (TPSA) is 21.3 Å². The van der Waals surface area contributed by atoms with Crippen LogP contribution in [0.25, 0.3) is 0 Å². The van der Waals surface area contributed by atoms with Gasteiger partial charge in [-0.3, -0.25) is 0 Å². The summed E-state index contributed by atoms with van der Waals surface area (Å²) in [4.78, 5) is 0. The Balaban J connectivity index is 1.94. The smallest absolute Gasteiger partial charge is 0.122 e. The van der Waals surface area contributed by atoms with Gasteiger partial charge in [0, 0.05) is 12.6 Å². The lowest BCUT2D eigenvalue weighted by atomic mass is 10.0. The van der Waals surface area contributed by atoms with Gasteiger partial charge in [-0.15, -0.1) is 0 Å². The minimum atomic E-state index is 0.335. The van der Waals surface area contributed by atoms with Crippen LogP contribution in [0.2, 0.25) is 0 Å². The van der Waals surface area contributed by atoms with Crippen LogP contribution in [0.3, 0.4) is 0 Å². The lowest BCUT2D eigenvalue weighted by Crippen LogP contribution is -2.37. The first-order chi connectivity index (χ1) is 7.25. The van der Waals surface area contributed by atoms with Crippen LogP contribution in [0.1, 0.15) is 25.8 Å². The third-order valence-electron chi connectivity index (χ3n) is 2.76. The summed E-state index contributed by atoms with van der Waals surface area (Å²) < 4.78 is 5.92. The summed E-state index contributed by atoms with van der Waals surface area (Å²) in [5, 5.41) is 3.42. The number of nitrogens with one attached hydrogen (secondary N) is 1. The van der Waals surface area contributed by atoms with Gasteiger partial charge in [0.15, 0.2) is 0 Å². The molecule has 1 N–H and O–H groups in total. The van der Waals surface area contributed by atoms with Gasteiger partial charge >= 0.3 is 0 Å². The van der Waals surface area contributed by atoms with Crippen molar-refractivity contribution in [3.8, 4) is 5.75 Å². The van der Waals surface area contributed by atoms with Gasteiger partial charge in [0.05, 0.1) is 0 Å². The maximum atomic E-state index is 5.92. The summed E-state index contributed by atoms with van der Waals surface area (Å²) in [5.41, 5.74) is 1.35. The first kappa shape index (κ1) is 10.5. The van der Waals surface area contributed by atoms with Crippen LogP contribution in [0.15, 0.2) is 24.3 Å². The highest BCUT2D eigenvalue weighted by Gasteiger charge is 2.18. The fourth-order valence-electron chi connectivity index (χ4n) is 1.89. The second kappa shape index (κ2) is 4.67. The van der Waals surface area contributed by atoms with Crippen molar-refractivity contribution in [2.24, 2.45) is 0 Å². The van der Waals surface area contributed by atoms with E-state index < -0.39 is 0 Å². The molecule has 0 aromatic heterocycles. The zero-order chi connectivity index (χ0) is 10.7. The number of aryl methyl sites for hydroxylation is 1. The van der Waals surface area contributed by atoms with Gasteiger partial charge in [0.25, 0.3) is 0 Å². The van der Waals surface area contributed by atoms with E-state index in [-0.39, 0.29) is 0 Å². The van der Waals surface area contributed by atoms with E-state index in [2.05, 4.69) is 37.4 Å². The van der Waals surface area contributed by atoms with E-state index >= 15 is 0 Å². The van der Waals surface area contributed by atoms with E-state index in [0.717, 1.165) is 25.1 Å². The molecule has 15 heavy (non-hydrogen) atoms. The molecule has 0 saturated heterocycles. The lowest BCUT2D eigenvalue weighted by molar-refractivity contribution is 0.168. The second-order valence-corrected chi connectivity index (χ2v) is 4.45.